The molecule has 0 bridgehead atoms. The Bertz CT molecular complexity index is 555. The number of benzene rings is 1. The van der Waals surface area contributed by atoms with Crippen molar-refractivity contribution in [3.8, 4) is 0 Å². The first kappa shape index (κ1) is 12.2. The second kappa shape index (κ2) is 4.96. The molecule has 3 N–H and O–H groups in total. The highest BCUT2D eigenvalue weighted by Crippen LogP contribution is 2.14. The van der Waals surface area contributed by atoms with Crippen LogP contribution in [-0.4, -0.2) is 10.5 Å². The molecule has 1 aromatic carbocycles. The van der Waals surface area contributed by atoms with Crippen LogP contribution in [0.1, 0.15) is 23.0 Å². The van der Waals surface area contributed by atoms with Gasteiger partial charge >= 0.3 is 0 Å². The van der Waals surface area contributed by atoms with E-state index in [0.717, 1.165) is 12.1 Å². The Morgan fingerprint density at radius 3 is 2.50 bits per heavy atom. The van der Waals surface area contributed by atoms with Crippen molar-refractivity contribution in [2.75, 3.05) is 11.1 Å². The highest BCUT2D eigenvalue weighted by atomic mass is 16.1. The van der Waals surface area contributed by atoms with E-state index in [4.69, 9.17) is 5.73 Å². The van der Waals surface area contributed by atoms with E-state index in [1.807, 2.05) is 24.3 Å². The molecule has 0 aliphatic carbocycles. The van der Waals surface area contributed by atoms with Gasteiger partial charge in [-0.1, -0.05) is 19.1 Å². The second-order valence-electron chi connectivity index (χ2n) is 4.27. The minimum atomic E-state index is -0.154. The summed E-state index contributed by atoms with van der Waals surface area (Å²) in [6.45, 7) is 2.10. The SMILES string of the molecule is CCc1ccc(NC(=O)c2cc(N)cn2C)cc1. The first-order valence-corrected chi connectivity index (χ1v) is 5.92. The Labute approximate surface area is 106 Å². The van der Waals surface area contributed by atoms with Crippen molar-refractivity contribution in [1.29, 1.82) is 0 Å². The number of hydrogen-bond donors (Lipinski definition) is 2. The van der Waals surface area contributed by atoms with Gasteiger partial charge < -0.3 is 15.6 Å². The summed E-state index contributed by atoms with van der Waals surface area (Å²) >= 11 is 0. The number of nitrogens with two attached hydrogens (primary N) is 1. The number of carbonyl (C=O) groups is 1. The third-order valence-corrected chi connectivity index (χ3v) is 2.88. The van der Waals surface area contributed by atoms with Crippen molar-refractivity contribution >= 4 is 17.3 Å². The maximum Gasteiger partial charge on any atom is 0.272 e. The molecule has 0 fully saturated rings. The molecule has 1 heterocycles. The summed E-state index contributed by atoms with van der Waals surface area (Å²) in [4.78, 5) is 12.0. The van der Waals surface area contributed by atoms with E-state index in [1.54, 1.807) is 23.9 Å². The van der Waals surface area contributed by atoms with Crippen molar-refractivity contribution in [1.82, 2.24) is 4.57 Å². The van der Waals surface area contributed by atoms with Gasteiger partial charge in [0, 0.05) is 18.9 Å². The molecule has 18 heavy (non-hydrogen) atoms. The van der Waals surface area contributed by atoms with Gasteiger partial charge in [-0.3, -0.25) is 4.79 Å². The Morgan fingerprint density at radius 2 is 2.00 bits per heavy atom. The molecule has 1 amide bonds. The van der Waals surface area contributed by atoms with Crippen molar-refractivity contribution in [2.45, 2.75) is 13.3 Å². The summed E-state index contributed by atoms with van der Waals surface area (Å²) in [7, 11) is 1.80. The molecular formula is C14H17N3O. The normalized spacial score (nSPS) is 10.3. The van der Waals surface area contributed by atoms with E-state index < -0.39 is 0 Å². The van der Waals surface area contributed by atoms with E-state index in [2.05, 4.69) is 12.2 Å². The highest BCUT2D eigenvalue weighted by molar-refractivity contribution is 6.03. The van der Waals surface area contributed by atoms with Crippen LogP contribution >= 0.6 is 0 Å². The van der Waals surface area contributed by atoms with Crippen LogP contribution in [0.15, 0.2) is 36.5 Å². The Kier molecular flexibility index (Phi) is 3.37. The van der Waals surface area contributed by atoms with Crippen LogP contribution in [-0.2, 0) is 13.5 Å². The molecule has 1 aromatic heterocycles. The fourth-order valence-corrected chi connectivity index (χ4v) is 1.83. The van der Waals surface area contributed by atoms with Gasteiger partial charge in [0.1, 0.15) is 5.69 Å². The standard InChI is InChI=1S/C14H17N3O/c1-3-10-4-6-12(7-5-10)16-14(18)13-8-11(15)9-17(13)2/h4-9H,3,15H2,1-2H3,(H,16,18). The molecule has 0 aliphatic heterocycles. The fraction of sp³-hybridized carbons (Fsp3) is 0.214. The number of rotatable bonds is 3. The minimum Gasteiger partial charge on any atom is -0.397 e. The molecule has 94 valence electrons. The lowest BCUT2D eigenvalue weighted by Crippen LogP contribution is -2.15. The van der Waals surface area contributed by atoms with Crippen LogP contribution in [0.5, 0.6) is 0 Å². The number of nitrogens with one attached hydrogen (secondary N) is 1. The van der Waals surface area contributed by atoms with Gasteiger partial charge in [-0.25, -0.2) is 0 Å². The molecule has 0 radical (unpaired) electrons. The molecule has 0 atom stereocenters. The predicted octanol–water partition coefficient (Wildman–Crippen LogP) is 2.42. The topological polar surface area (TPSA) is 60.1 Å². The lowest BCUT2D eigenvalue weighted by atomic mass is 10.1. The summed E-state index contributed by atoms with van der Waals surface area (Å²) in [5.74, 6) is -0.154. The number of aryl methyl sites for hydroxylation is 2. The number of aromatic nitrogens is 1. The van der Waals surface area contributed by atoms with Crippen LogP contribution in [0.3, 0.4) is 0 Å². The predicted molar refractivity (Wildman–Crippen MR) is 73.6 cm³/mol. The number of hydrogen-bond acceptors (Lipinski definition) is 2. The van der Waals surface area contributed by atoms with Gasteiger partial charge in [0.15, 0.2) is 0 Å². The van der Waals surface area contributed by atoms with Gasteiger partial charge in [-0.05, 0) is 30.2 Å². The average Bonchev–Trinajstić information content (AvgIpc) is 2.69. The first-order chi connectivity index (χ1) is 8.60. The van der Waals surface area contributed by atoms with Crippen molar-refractivity contribution in [3.63, 3.8) is 0 Å². The molecule has 4 heteroatoms. The maximum atomic E-state index is 12.0. The zero-order chi connectivity index (χ0) is 13.1. The van der Waals surface area contributed by atoms with Crippen LogP contribution in [0.4, 0.5) is 11.4 Å². The van der Waals surface area contributed by atoms with Gasteiger partial charge in [-0.2, -0.15) is 0 Å². The molecule has 2 rings (SSSR count). The van der Waals surface area contributed by atoms with E-state index >= 15 is 0 Å². The third kappa shape index (κ3) is 2.53. The average molecular weight is 243 g/mol. The van der Waals surface area contributed by atoms with Gasteiger partial charge in [0.2, 0.25) is 0 Å². The lowest BCUT2D eigenvalue weighted by Gasteiger charge is -2.06. The molecule has 0 unspecified atom stereocenters. The Morgan fingerprint density at radius 1 is 1.33 bits per heavy atom. The highest BCUT2D eigenvalue weighted by Gasteiger charge is 2.10. The van der Waals surface area contributed by atoms with Crippen LogP contribution < -0.4 is 11.1 Å². The molecule has 0 spiro atoms. The third-order valence-electron chi connectivity index (χ3n) is 2.88. The quantitative estimate of drug-likeness (QED) is 0.869. The number of nitrogen functional groups attached to an aromatic ring is 1. The van der Waals surface area contributed by atoms with E-state index in [1.165, 1.54) is 5.56 Å². The monoisotopic (exact) mass is 243 g/mol. The van der Waals surface area contributed by atoms with E-state index in [-0.39, 0.29) is 5.91 Å². The van der Waals surface area contributed by atoms with Crippen molar-refractivity contribution in [2.24, 2.45) is 7.05 Å². The van der Waals surface area contributed by atoms with Gasteiger partial charge in [0.25, 0.3) is 5.91 Å². The van der Waals surface area contributed by atoms with Crippen LogP contribution in [0, 0.1) is 0 Å². The summed E-state index contributed by atoms with van der Waals surface area (Å²) < 4.78 is 1.71. The van der Waals surface area contributed by atoms with Crippen LogP contribution in [0.25, 0.3) is 0 Å². The number of carbonyl (C=O) groups excluding carboxylic acids is 1. The molecule has 2 aromatic rings. The zero-order valence-corrected chi connectivity index (χ0v) is 10.6. The molecule has 4 nitrogen and oxygen atoms in total. The zero-order valence-electron chi connectivity index (χ0n) is 10.6. The van der Waals surface area contributed by atoms with E-state index in [9.17, 15) is 4.79 Å². The lowest BCUT2D eigenvalue weighted by molar-refractivity contribution is 0.101. The molecule has 0 aliphatic rings. The number of amides is 1. The van der Waals surface area contributed by atoms with Gasteiger partial charge in [-0.15, -0.1) is 0 Å². The Hall–Kier alpha value is -2.23. The summed E-state index contributed by atoms with van der Waals surface area (Å²) in [5.41, 5.74) is 8.82. The largest absolute Gasteiger partial charge is 0.397 e. The minimum absolute atomic E-state index is 0.154. The molecule has 0 saturated carbocycles. The van der Waals surface area contributed by atoms with Crippen molar-refractivity contribution in [3.05, 3.63) is 47.8 Å². The summed E-state index contributed by atoms with van der Waals surface area (Å²) in [5, 5.41) is 2.85. The summed E-state index contributed by atoms with van der Waals surface area (Å²) in [6.07, 6.45) is 2.71. The maximum absolute atomic E-state index is 12.0. The van der Waals surface area contributed by atoms with E-state index in [0.29, 0.717) is 11.4 Å². The number of nitrogens with zero attached hydrogens (tertiary/aromatic N) is 1. The first-order valence-electron chi connectivity index (χ1n) is 5.92. The van der Waals surface area contributed by atoms with Crippen LogP contribution in [0.2, 0.25) is 0 Å². The fourth-order valence-electron chi connectivity index (χ4n) is 1.83. The molecular weight excluding hydrogens is 226 g/mol. The summed E-state index contributed by atoms with van der Waals surface area (Å²) in [6, 6.07) is 9.49. The van der Waals surface area contributed by atoms with Gasteiger partial charge in [0.05, 0.1) is 5.69 Å². The second-order valence-corrected chi connectivity index (χ2v) is 4.27. The van der Waals surface area contributed by atoms with Crippen molar-refractivity contribution < 1.29 is 4.79 Å². The number of anilines is 2. The Balaban J connectivity index is 2.13. The molecule has 0 saturated heterocycles. The smallest absolute Gasteiger partial charge is 0.272 e.